The molecule has 0 radical (unpaired) electrons. The predicted molar refractivity (Wildman–Crippen MR) is 81.1 cm³/mol. The predicted octanol–water partition coefficient (Wildman–Crippen LogP) is 4.09. The first-order valence-corrected chi connectivity index (χ1v) is 6.97. The van der Waals surface area contributed by atoms with Gasteiger partial charge in [0.25, 0.3) is 0 Å². The Kier molecular flexibility index (Phi) is 5.48. The van der Waals surface area contributed by atoms with Crippen LogP contribution < -0.4 is 4.74 Å². The molecule has 21 heavy (non-hydrogen) atoms. The molecule has 2 aromatic rings. The number of phenolic OH excluding ortho intramolecular Hbond substituents is 1. The zero-order valence-electron chi connectivity index (χ0n) is 11.3. The molecule has 0 bridgehead atoms. The van der Waals surface area contributed by atoms with Crippen molar-refractivity contribution in [1.29, 1.82) is 0 Å². The third-order valence-electron chi connectivity index (χ3n) is 2.70. The van der Waals surface area contributed by atoms with Gasteiger partial charge < -0.3 is 9.84 Å². The SMILES string of the molecule is Oc1cccc(COc2ccc(C#CCCCl)c(F)c2)c1. The van der Waals surface area contributed by atoms with Crippen molar-refractivity contribution in [3.05, 3.63) is 59.4 Å². The van der Waals surface area contributed by atoms with Gasteiger partial charge >= 0.3 is 0 Å². The molecular weight excluding hydrogens is 291 g/mol. The fourth-order valence-corrected chi connectivity index (χ4v) is 1.80. The molecule has 2 aromatic carbocycles. The summed E-state index contributed by atoms with van der Waals surface area (Å²) in [5.41, 5.74) is 1.13. The number of rotatable bonds is 4. The van der Waals surface area contributed by atoms with Gasteiger partial charge in [-0.15, -0.1) is 11.6 Å². The largest absolute Gasteiger partial charge is 0.508 e. The van der Waals surface area contributed by atoms with Crippen LogP contribution in [0.25, 0.3) is 0 Å². The molecule has 2 rings (SSSR count). The van der Waals surface area contributed by atoms with Crippen LogP contribution in [0.5, 0.6) is 11.5 Å². The van der Waals surface area contributed by atoms with Crippen molar-refractivity contribution in [3.8, 4) is 23.3 Å². The first-order valence-electron chi connectivity index (χ1n) is 6.44. The Morgan fingerprint density at radius 3 is 2.76 bits per heavy atom. The molecule has 0 aliphatic heterocycles. The van der Waals surface area contributed by atoms with Gasteiger partial charge in [-0.25, -0.2) is 4.39 Å². The summed E-state index contributed by atoms with van der Waals surface area (Å²) in [6.45, 7) is 0.255. The molecule has 0 saturated heterocycles. The molecule has 0 unspecified atom stereocenters. The van der Waals surface area contributed by atoms with E-state index in [1.807, 2.05) is 6.07 Å². The Labute approximate surface area is 128 Å². The van der Waals surface area contributed by atoms with E-state index in [-0.39, 0.29) is 12.4 Å². The monoisotopic (exact) mass is 304 g/mol. The van der Waals surface area contributed by atoms with Gasteiger partial charge in [0, 0.05) is 18.4 Å². The number of alkyl halides is 1. The van der Waals surface area contributed by atoms with Gasteiger partial charge in [-0.2, -0.15) is 0 Å². The lowest BCUT2D eigenvalue weighted by molar-refractivity contribution is 0.304. The fourth-order valence-electron chi connectivity index (χ4n) is 1.70. The number of hydrogen-bond donors (Lipinski definition) is 1. The molecule has 4 heteroatoms. The third kappa shape index (κ3) is 4.70. The van der Waals surface area contributed by atoms with E-state index in [1.54, 1.807) is 30.3 Å². The number of halogens is 2. The summed E-state index contributed by atoms with van der Waals surface area (Å²) in [6.07, 6.45) is 0.525. The number of benzene rings is 2. The number of hydrogen-bond acceptors (Lipinski definition) is 2. The molecule has 108 valence electrons. The van der Waals surface area contributed by atoms with Gasteiger partial charge in [-0.05, 0) is 29.8 Å². The van der Waals surface area contributed by atoms with E-state index in [1.165, 1.54) is 6.07 Å². The fraction of sp³-hybridized carbons (Fsp3) is 0.176. The summed E-state index contributed by atoms with van der Waals surface area (Å²) in [6, 6.07) is 11.3. The molecule has 0 aliphatic carbocycles. The maximum absolute atomic E-state index is 13.8. The zero-order chi connectivity index (χ0) is 15.1. The summed E-state index contributed by atoms with van der Waals surface area (Å²) in [5.74, 6) is 6.10. The van der Waals surface area contributed by atoms with E-state index in [4.69, 9.17) is 16.3 Å². The first-order chi connectivity index (χ1) is 10.2. The Morgan fingerprint density at radius 1 is 1.19 bits per heavy atom. The molecule has 0 aromatic heterocycles. The van der Waals surface area contributed by atoms with E-state index in [9.17, 15) is 9.50 Å². The Balaban J connectivity index is 2.02. The highest BCUT2D eigenvalue weighted by Gasteiger charge is 2.03. The van der Waals surface area contributed by atoms with Gasteiger partial charge in [-0.1, -0.05) is 24.0 Å². The van der Waals surface area contributed by atoms with Gasteiger partial charge in [-0.3, -0.25) is 0 Å². The highest BCUT2D eigenvalue weighted by atomic mass is 35.5. The van der Waals surface area contributed by atoms with Gasteiger partial charge in [0.2, 0.25) is 0 Å². The minimum atomic E-state index is -0.425. The molecule has 0 aliphatic rings. The summed E-state index contributed by atoms with van der Waals surface area (Å²) >= 11 is 5.51. The van der Waals surface area contributed by atoms with Gasteiger partial charge in [0.15, 0.2) is 0 Å². The number of phenols is 1. The van der Waals surface area contributed by atoms with Crippen molar-refractivity contribution in [3.63, 3.8) is 0 Å². The molecular formula is C17H14ClFO2. The van der Waals surface area contributed by atoms with E-state index in [0.717, 1.165) is 5.56 Å². The topological polar surface area (TPSA) is 29.5 Å². The molecule has 0 heterocycles. The normalized spacial score (nSPS) is 9.81. The molecule has 1 N–H and O–H groups in total. The highest BCUT2D eigenvalue weighted by Crippen LogP contribution is 2.18. The quantitative estimate of drug-likeness (QED) is 0.681. The smallest absolute Gasteiger partial charge is 0.142 e. The van der Waals surface area contributed by atoms with Crippen LogP contribution in [0.3, 0.4) is 0 Å². The molecule has 0 spiro atoms. The Bertz CT molecular complexity index is 674. The minimum absolute atomic E-state index is 0.173. The van der Waals surface area contributed by atoms with Crippen molar-refractivity contribution in [1.82, 2.24) is 0 Å². The van der Waals surface area contributed by atoms with Crippen molar-refractivity contribution in [2.75, 3.05) is 5.88 Å². The van der Waals surface area contributed by atoms with Crippen LogP contribution in [-0.2, 0) is 6.61 Å². The maximum Gasteiger partial charge on any atom is 0.142 e. The Hall–Kier alpha value is -2.18. The van der Waals surface area contributed by atoms with Crippen LogP contribution in [0.4, 0.5) is 4.39 Å². The molecule has 0 atom stereocenters. The molecule has 0 saturated carbocycles. The lowest BCUT2D eigenvalue weighted by Crippen LogP contribution is -1.96. The lowest BCUT2D eigenvalue weighted by atomic mass is 10.2. The minimum Gasteiger partial charge on any atom is -0.508 e. The molecule has 2 nitrogen and oxygen atoms in total. The van der Waals surface area contributed by atoms with Crippen LogP contribution in [-0.4, -0.2) is 11.0 Å². The van der Waals surface area contributed by atoms with Gasteiger partial charge in [0.1, 0.15) is 23.9 Å². The second-order valence-electron chi connectivity index (χ2n) is 4.34. The Morgan fingerprint density at radius 2 is 2.05 bits per heavy atom. The molecule has 0 fully saturated rings. The second-order valence-corrected chi connectivity index (χ2v) is 4.72. The van der Waals surface area contributed by atoms with Crippen molar-refractivity contribution < 1.29 is 14.2 Å². The van der Waals surface area contributed by atoms with Crippen LogP contribution in [0, 0.1) is 17.7 Å². The number of ether oxygens (including phenoxy) is 1. The lowest BCUT2D eigenvalue weighted by Gasteiger charge is -2.07. The van der Waals surface area contributed by atoms with Crippen molar-refractivity contribution in [2.24, 2.45) is 0 Å². The summed E-state index contributed by atoms with van der Waals surface area (Å²) in [5, 5.41) is 9.35. The van der Waals surface area contributed by atoms with Crippen LogP contribution in [0.2, 0.25) is 0 Å². The summed E-state index contributed by atoms with van der Waals surface area (Å²) < 4.78 is 19.3. The average Bonchev–Trinajstić information content (AvgIpc) is 2.47. The first kappa shape index (κ1) is 15.2. The summed E-state index contributed by atoms with van der Waals surface area (Å²) in [4.78, 5) is 0. The third-order valence-corrected chi connectivity index (χ3v) is 2.89. The van der Waals surface area contributed by atoms with Crippen LogP contribution >= 0.6 is 11.6 Å². The van der Waals surface area contributed by atoms with E-state index >= 15 is 0 Å². The average molecular weight is 305 g/mol. The van der Waals surface area contributed by atoms with Crippen LogP contribution in [0.1, 0.15) is 17.5 Å². The zero-order valence-corrected chi connectivity index (χ0v) is 12.0. The van der Waals surface area contributed by atoms with Crippen molar-refractivity contribution >= 4 is 11.6 Å². The standard InChI is InChI=1S/C17H14ClFO2/c18-9-2-1-5-14-7-8-16(11-17(14)19)21-12-13-4-3-6-15(20)10-13/h3-4,6-8,10-11,20H,2,9,12H2. The van der Waals surface area contributed by atoms with Crippen LogP contribution in [0.15, 0.2) is 42.5 Å². The maximum atomic E-state index is 13.8. The summed E-state index contributed by atoms with van der Waals surface area (Å²) in [7, 11) is 0. The second kappa shape index (κ2) is 7.56. The highest BCUT2D eigenvalue weighted by molar-refractivity contribution is 6.18. The van der Waals surface area contributed by atoms with E-state index in [0.29, 0.717) is 23.6 Å². The number of aromatic hydroxyl groups is 1. The van der Waals surface area contributed by atoms with E-state index < -0.39 is 5.82 Å². The van der Waals surface area contributed by atoms with Crippen molar-refractivity contribution in [2.45, 2.75) is 13.0 Å². The van der Waals surface area contributed by atoms with Gasteiger partial charge in [0.05, 0.1) is 5.56 Å². The molecule has 0 amide bonds. The van der Waals surface area contributed by atoms with E-state index in [2.05, 4.69) is 11.8 Å².